The smallest absolute Gasteiger partial charge is 0.318 e. The molecule has 1 aliphatic carbocycles. The third-order valence-corrected chi connectivity index (χ3v) is 2.35. The Balaban J connectivity index is 2.49. The van der Waals surface area contributed by atoms with Crippen molar-refractivity contribution in [3.05, 3.63) is 0 Å². The molecule has 0 aliphatic heterocycles. The summed E-state index contributed by atoms with van der Waals surface area (Å²) in [6.07, 6.45) is 2.58. The number of amides is 2. The van der Waals surface area contributed by atoms with Crippen molar-refractivity contribution in [2.24, 2.45) is 5.73 Å². The Hall–Kier alpha value is -1.26. The number of hydrogen-bond donors (Lipinski definition) is 3. The molecule has 2 amide bonds. The van der Waals surface area contributed by atoms with Crippen LogP contribution in [0.5, 0.6) is 0 Å². The monoisotopic (exact) mass is 226 g/mol. The number of carbonyl (C=O) groups excluding carboxylic acids is 1. The summed E-state index contributed by atoms with van der Waals surface area (Å²) in [5.41, 5.74) is 5.09. The summed E-state index contributed by atoms with van der Waals surface area (Å²) in [5.74, 6) is 0.134. The lowest BCUT2D eigenvalue weighted by molar-refractivity contribution is 0.187. The van der Waals surface area contributed by atoms with E-state index < -0.39 is 0 Å². The number of carbonyl (C=O) groups is 1. The molecule has 0 spiro atoms. The van der Waals surface area contributed by atoms with E-state index in [9.17, 15) is 4.79 Å². The van der Waals surface area contributed by atoms with Crippen molar-refractivity contribution in [2.45, 2.75) is 51.6 Å². The van der Waals surface area contributed by atoms with E-state index in [1.54, 1.807) is 4.90 Å². The van der Waals surface area contributed by atoms with Crippen molar-refractivity contribution >= 4 is 11.9 Å². The van der Waals surface area contributed by atoms with Gasteiger partial charge in [-0.05, 0) is 33.6 Å². The van der Waals surface area contributed by atoms with Crippen molar-refractivity contribution < 1.29 is 4.79 Å². The molecule has 5 heteroatoms. The largest absolute Gasteiger partial charge is 0.388 e. The van der Waals surface area contributed by atoms with E-state index in [-0.39, 0.29) is 17.4 Å². The predicted molar refractivity (Wildman–Crippen MR) is 64.5 cm³/mol. The molecule has 0 aromatic heterocycles. The van der Waals surface area contributed by atoms with Gasteiger partial charge in [0.05, 0.1) is 5.84 Å². The zero-order valence-electron chi connectivity index (χ0n) is 10.3. The Morgan fingerprint density at radius 1 is 1.50 bits per heavy atom. The molecule has 16 heavy (non-hydrogen) atoms. The van der Waals surface area contributed by atoms with Crippen molar-refractivity contribution in [3.8, 4) is 0 Å². The van der Waals surface area contributed by atoms with Crippen molar-refractivity contribution in [3.63, 3.8) is 0 Å². The van der Waals surface area contributed by atoms with Gasteiger partial charge < -0.3 is 16.0 Å². The van der Waals surface area contributed by atoms with Gasteiger partial charge in [-0.25, -0.2) is 4.79 Å². The molecule has 0 heterocycles. The maximum atomic E-state index is 12.0. The van der Waals surface area contributed by atoms with Gasteiger partial charge in [-0.2, -0.15) is 0 Å². The fourth-order valence-corrected chi connectivity index (χ4v) is 1.47. The molecule has 0 atom stereocenters. The average molecular weight is 226 g/mol. The van der Waals surface area contributed by atoms with E-state index in [2.05, 4.69) is 5.32 Å². The average Bonchev–Trinajstić information content (AvgIpc) is 2.84. The molecule has 4 N–H and O–H groups in total. The summed E-state index contributed by atoms with van der Waals surface area (Å²) >= 11 is 0. The summed E-state index contributed by atoms with van der Waals surface area (Å²) in [7, 11) is 0. The second-order valence-corrected chi connectivity index (χ2v) is 5.38. The minimum absolute atomic E-state index is 0.0451. The van der Waals surface area contributed by atoms with E-state index in [0.717, 1.165) is 12.8 Å². The highest BCUT2D eigenvalue weighted by Crippen LogP contribution is 2.27. The van der Waals surface area contributed by atoms with Gasteiger partial charge in [0.1, 0.15) is 0 Å². The van der Waals surface area contributed by atoms with Gasteiger partial charge in [-0.15, -0.1) is 0 Å². The molecular formula is C11H22N4O. The molecule has 0 bridgehead atoms. The quantitative estimate of drug-likeness (QED) is 0.498. The Labute approximate surface area is 96.9 Å². The van der Waals surface area contributed by atoms with Crippen molar-refractivity contribution in [1.82, 2.24) is 10.2 Å². The lowest BCUT2D eigenvalue weighted by atomic mass is 10.1. The second kappa shape index (κ2) is 4.72. The van der Waals surface area contributed by atoms with E-state index >= 15 is 0 Å². The van der Waals surface area contributed by atoms with E-state index in [1.165, 1.54) is 0 Å². The zero-order valence-corrected chi connectivity index (χ0v) is 10.3. The fourth-order valence-electron chi connectivity index (χ4n) is 1.47. The first-order valence-electron chi connectivity index (χ1n) is 5.71. The summed E-state index contributed by atoms with van der Waals surface area (Å²) in [6, 6.07) is 0.304. The molecule has 0 aromatic rings. The minimum Gasteiger partial charge on any atom is -0.388 e. The van der Waals surface area contributed by atoms with E-state index in [4.69, 9.17) is 11.1 Å². The molecular weight excluding hydrogens is 204 g/mol. The predicted octanol–water partition coefficient (Wildman–Crippen LogP) is 1.28. The first-order chi connectivity index (χ1) is 7.29. The van der Waals surface area contributed by atoms with Gasteiger partial charge >= 0.3 is 6.03 Å². The third-order valence-electron chi connectivity index (χ3n) is 2.35. The highest BCUT2D eigenvalue weighted by Gasteiger charge is 2.33. The summed E-state index contributed by atoms with van der Waals surface area (Å²) in [4.78, 5) is 13.8. The molecule has 92 valence electrons. The van der Waals surface area contributed by atoms with Crippen LogP contribution in [0.1, 0.15) is 40.0 Å². The van der Waals surface area contributed by atoms with Gasteiger partial charge in [0.2, 0.25) is 0 Å². The van der Waals surface area contributed by atoms with Crippen LogP contribution in [0.25, 0.3) is 0 Å². The number of rotatable bonds is 4. The lowest BCUT2D eigenvalue weighted by Gasteiger charge is -2.28. The van der Waals surface area contributed by atoms with Crippen molar-refractivity contribution in [2.75, 3.05) is 6.54 Å². The van der Waals surface area contributed by atoms with Crippen LogP contribution >= 0.6 is 0 Å². The topological polar surface area (TPSA) is 82.2 Å². The van der Waals surface area contributed by atoms with Crippen molar-refractivity contribution in [1.29, 1.82) is 5.41 Å². The standard InChI is InChI=1S/C11H22N4O/c1-11(2,3)14-10(16)15(8-4-5-8)7-6-9(12)13/h8H,4-7H2,1-3H3,(H3,12,13)(H,14,16). The Morgan fingerprint density at radius 2 is 2.06 bits per heavy atom. The number of hydrogen-bond acceptors (Lipinski definition) is 2. The molecule has 0 unspecified atom stereocenters. The fraction of sp³-hybridized carbons (Fsp3) is 0.818. The van der Waals surface area contributed by atoms with Crippen LogP contribution < -0.4 is 11.1 Å². The van der Waals surface area contributed by atoms with Gasteiger partial charge in [-0.1, -0.05) is 0 Å². The molecule has 5 nitrogen and oxygen atoms in total. The van der Waals surface area contributed by atoms with Crippen LogP contribution in [-0.2, 0) is 0 Å². The van der Waals surface area contributed by atoms with Crippen LogP contribution in [0.3, 0.4) is 0 Å². The maximum Gasteiger partial charge on any atom is 0.318 e. The Kier molecular flexibility index (Phi) is 3.78. The summed E-state index contributed by atoms with van der Waals surface area (Å²) < 4.78 is 0. The van der Waals surface area contributed by atoms with Crippen LogP contribution in [-0.4, -0.2) is 34.9 Å². The summed E-state index contributed by atoms with van der Waals surface area (Å²) in [6.45, 7) is 6.42. The molecule has 0 aromatic carbocycles. The number of nitrogens with one attached hydrogen (secondary N) is 2. The first-order valence-corrected chi connectivity index (χ1v) is 5.71. The second-order valence-electron chi connectivity index (χ2n) is 5.38. The molecule has 1 rings (SSSR count). The van der Waals surface area contributed by atoms with Gasteiger partial charge in [0.25, 0.3) is 0 Å². The highest BCUT2D eigenvalue weighted by atomic mass is 16.2. The van der Waals surface area contributed by atoms with Crippen LogP contribution in [0.4, 0.5) is 4.79 Å². The molecule has 1 fully saturated rings. The van der Waals surface area contributed by atoms with Gasteiger partial charge in [0, 0.05) is 24.5 Å². The zero-order chi connectivity index (χ0) is 12.3. The molecule has 0 saturated heterocycles. The van der Waals surface area contributed by atoms with E-state index in [1.807, 2.05) is 20.8 Å². The number of amidine groups is 1. The van der Waals surface area contributed by atoms with Crippen LogP contribution in [0.15, 0.2) is 0 Å². The first kappa shape index (κ1) is 12.8. The Morgan fingerprint density at radius 3 is 2.44 bits per heavy atom. The number of urea groups is 1. The number of nitrogens with two attached hydrogens (primary N) is 1. The highest BCUT2D eigenvalue weighted by molar-refractivity contribution is 5.79. The summed E-state index contributed by atoms with van der Waals surface area (Å²) in [5, 5.41) is 10.1. The minimum atomic E-state index is -0.222. The van der Waals surface area contributed by atoms with Gasteiger partial charge in [-0.3, -0.25) is 5.41 Å². The SMILES string of the molecule is CC(C)(C)NC(=O)N(CCC(=N)N)C1CC1. The van der Waals surface area contributed by atoms with Crippen LogP contribution in [0.2, 0.25) is 0 Å². The molecule has 1 saturated carbocycles. The number of nitrogens with zero attached hydrogens (tertiary/aromatic N) is 1. The van der Waals surface area contributed by atoms with Gasteiger partial charge in [0.15, 0.2) is 0 Å². The third kappa shape index (κ3) is 4.51. The van der Waals surface area contributed by atoms with E-state index in [0.29, 0.717) is 19.0 Å². The Bertz CT molecular complexity index is 278. The normalized spacial score (nSPS) is 15.7. The van der Waals surface area contributed by atoms with Crippen LogP contribution in [0, 0.1) is 5.41 Å². The lowest BCUT2D eigenvalue weighted by Crippen LogP contribution is -2.49. The molecule has 1 aliphatic rings. The maximum absolute atomic E-state index is 12.0. The molecule has 0 radical (unpaired) electrons.